The molecule has 1 aromatic heterocycles. The van der Waals surface area contributed by atoms with E-state index in [1.54, 1.807) is 4.90 Å². The molecule has 0 radical (unpaired) electrons. The van der Waals surface area contributed by atoms with E-state index in [9.17, 15) is 9.59 Å². The first-order chi connectivity index (χ1) is 15.1. The molecule has 1 aliphatic heterocycles. The Morgan fingerprint density at radius 3 is 2.74 bits per heavy atom. The summed E-state index contributed by atoms with van der Waals surface area (Å²) < 4.78 is 1.85. The minimum Gasteiger partial charge on any atom is -0.338 e. The fraction of sp³-hybridized carbons (Fsp3) is 0.348. The van der Waals surface area contributed by atoms with Crippen molar-refractivity contribution in [2.45, 2.75) is 38.8 Å². The maximum Gasteiger partial charge on any atom is 0.229 e. The number of benzene rings is 2. The molecule has 1 aliphatic carbocycles. The summed E-state index contributed by atoms with van der Waals surface area (Å²) in [6.07, 6.45) is 2.41. The van der Waals surface area contributed by atoms with E-state index in [4.69, 9.17) is 0 Å². The lowest BCUT2D eigenvalue weighted by atomic mass is 10.1. The number of carbonyl (C=O) groups excluding carboxylic acids is 2. The van der Waals surface area contributed by atoms with Crippen LogP contribution in [0.3, 0.4) is 0 Å². The Bertz CT molecular complexity index is 1120. The number of nitrogens with zero attached hydrogens (tertiary/aromatic N) is 5. The molecule has 3 aromatic rings. The van der Waals surface area contributed by atoms with Gasteiger partial charge in [0, 0.05) is 30.8 Å². The van der Waals surface area contributed by atoms with Crippen molar-refractivity contribution in [3.05, 3.63) is 59.7 Å². The number of aromatic nitrogens is 4. The summed E-state index contributed by atoms with van der Waals surface area (Å²) in [6, 6.07) is 16.0. The molecule has 1 saturated carbocycles. The molecule has 2 amide bonds. The van der Waals surface area contributed by atoms with Crippen molar-refractivity contribution in [1.82, 2.24) is 25.1 Å². The second-order valence-corrected chi connectivity index (χ2v) is 8.41. The van der Waals surface area contributed by atoms with E-state index in [1.165, 1.54) is 5.56 Å². The second-order valence-electron chi connectivity index (χ2n) is 8.41. The number of hydrogen-bond donors (Lipinski definition) is 1. The molecule has 2 heterocycles. The third-order valence-corrected chi connectivity index (χ3v) is 5.85. The van der Waals surface area contributed by atoms with Crippen LogP contribution in [-0.2, 0) is 16.1 Å². The quantitative estimate of drug-likeness (QED) is 0.667. The van der Waals surface area contributed by atoms with Gasteiger partial charge in [-0.3, -0.25) is 9.59 Å². The Morgan fingerprint density at radius 2 is 1.97 bits per heavy atom. The lowest BCUT2D eigenvalue weighted by Crippen LogP contribution is -2.28. The summed E-state index contributed by atoms with van der Waals surface area (Å²) in [6.45, 7) is 2.99. The fourth-order valence-electron chi connectivity index (χ4n) is 3.94. The zero-order valence-corrected chi connectivity index (χ0v) is 17.4. The molecule has 8 nitrogen and oxygen atoms in total. The van der Waals surface area contributed by atoms with Gasteiger partial charge in [-0.15, -0.1) is 5.10 Å². The summed E-state index contributed by atoms with van der Waals surface area (Å²) in [7, 11) is 0. The molecule has 158 valence electrons. The van der Waals surface area contributed by atoms with Crippen LogP contribution in [0.15, 0.2) is 48.5 Å². The molecule has 1 saturated heterocycles. The van der Waals surface area contributed by atoms with Gasteiger partial charge in [-0.25, -0.2) is 4.68 Å². The Morgan fingerprint density at radius 1 is 1.16 bits per heavy atom. The minimum atomic E-state index is -0.363. The van der Waals surface area contributed by atoms with Crippen molar-refractivity contribution in [2.24, 2.45) is 5.92 Å². The first-order valence-corrected chi connectivity index (χ1v) is 10.6. The van der Waals surface area contributed by atoms with Crippen LogP contribution in [-0.4, -0.2) is 43.5 Å². The van der Waals surface area contributed by atoms with Gasteiger partial charge in [-0.05, 0) is 47.9 Å². The van der Waals surface area contributed by atoms with Gasteiger partial charge in [0.05, 0.1) is 12.0 Å². The lowest BCUT2D eigenvalue weighted by Gasteiger charge is -2.17. The minimum absolute atomic E-state index is 0.0121. The zero-order chi connectivity index (χ0) is 21.4. The molecule has 31 heavy (non-hydrogen) atoms. The van der Waals surface area contributed by atoms with E-state index in [2.05, 4.69) is 20.8 Å². The number of hydrogen-bond acceptors (Lipinski definition) is 5. The van der Waals surface area contributed by atoms with Crippen molar-refractivity contribution in [2.75, 3.05) is 11.9 Å². The van der Waals surface area contributed by atoms with Gasteiger partial charge in [0.15, 0.2) is 5.82 Å². The molecular weight excluding hydrogens is 392 g/mol. The van der Waals surface area contributed by atoms with Crippen molar-refractivity contribution < 1.29 is 9.59 Å². The van der Waals surface area contributed by atoms with Gasteiger partial charge in [-0.2, -0.15) is 0 Å². The van der Waals surface area contributed by atoms with Crippen molar-refractivity contribution in [3.63, 3.8) is 0 Å². The number of likely N-dealkylation sites (tertiary alicyclic amines) is 1. The standard InChI is InChI=1S/C23H24N6O2/c1-15-5-7-16(8-6-15)13-28-14-18(12-21(28)30)23(31)24-19-4-2-3-17(11-19)22-25-26-27-29(22)20-9-10-20/h2-8,11,18,20H,9-10,12-14H2,1H3,(H,24,31). The molecule has 2 fully saturated rings. The molecule has 0 bridgehead atoms. The normalized spacial score (nSPS) is 18.4. The fourth-order valence-corrected chi connectivity index (χ4v) is 3.94. The van der Waals surface area contributed by atoms with E-state index in [1.807, 2.05) is 60.1 Å². The largest absolute Gasteiger partial charge is 0.338 e. The first-order valence-electron chi connectivity index (χ1n) is 10.6. The van der Waals surface area contributed by atoms with Crippen molar-refractivity contribution >= 4 is 17.5 Å². The topological polar surface area (TPSA) is 93.0 Å². The number of aryl methyl sites for hydroxylation is 1. The van der Waals surface area contributed by atoms with Gasteiger partial charge >= 0.3 is 0 Å². The third-order valence-electron chi connectivity index (χ3n) is 5.85. The summed E-state index contributed by atoms with van der Waals surface area (Å²) >= 11 is 0. The summed E-state index contributed by atoms with van der Waals surface area (Å²) in [5.74, 6) is 0.217. The number of carbonyl (C=O) groups is 2. The SMILES string of the molecule is Cc1ccc(CN2CC(C(=O)Nc3cccc(-c4nnnn4C4CC4)c3)CC2=O)cc1. The van der Waals surface area contributed by atoms with Crippen molar-refractivity contribution in [3.8, 4) is 11.4 Å². The van der Waals surface area contributed by atoms with Gasteiger partial charge < -0.3 is 10.2 Å². The number of rotatable bonds is 6. The van der Waals surface area contributed by atoms with Crippen LogP contribution in [0.2, 0.25) is 0 Å². The van der Waals surface area contributed by atoms with Gasteiger partial charge in [0.2, 0.25) is 11.8 Å². The van der Waals surface area contributed by atoms with Crippen LogP contribution < -0.4 is 5.32 Å². The Hall–Kier alpha value is -3.55. The monoisotopic (exact) mass is 416 g/mol. The molecular formula is C23H24N6O2. The van der Waals surface area contributed by atoms with Gasteiger partial charge in [-0.1, -0.05) is 42.0 Å². The molecule has 1 unspecified atom stereocenters. The van der Waals surface area contributed by atoms with E-state index in [-0.39, 0.29) is 24.2 Å². The number of tetrazole rings is 1. The van der Waals surface area contributed by atoms with Gasteiger partial charge in [0.1, 0.15) is 0 Å². The zero-order valence-electron chi connectivity index (χ0n) is 17.4. The van der Waals surface area contributed by atoms with Crippen LogP contribution in [0.1, 0.15) is 36.4 Å². The molecule has 5 rings (SSSR count). The highest BCUT2D eigenvalue weighted by molar-refractivity contribution is 5.97. The van der Waals surface area contributed by atoms with Crippen molar-refractivity contribution in [1.29, 1.82) is 0 Å². The molecule has 2 aliphatic rings. The highest BCUT2D eigenvalue weighted by Crippen LogP contribution is 2.36. The highest BCUT2D eigenvalue weighted by Gasteiger charge is 2.34. The highest BCUT2D eigenvalue weighted by atomic mass is 16.2. The average molecular weight is 416 g/mol. The van der Waals surface area contributed by atoms with Gasteiger partial charge in [0.25, 0.3) is 0 Å². The number of amides is 2. The predicted octanol–water partition coefficient (Wildman–Crippen LogP) is 2.97. The summed E-state index contributed by atoms with van der Waals surface area (Å²) in [5.41, 5.74) is 3.79. The molecule has 8 heteroatoms. The molecule has 1 N–H and O–H groups in total. The maximum atomic E-state index is 12.9. The predicted molar refractivity (Wildman–Crippen MR) is 115 cm³/mol. The van der Waals surface area contributed by atoms with E-state index in [0.29, 0.717) is 30.6 Å². The maximum absolute atomic E-state index is 12.9. The Labute approximate surface area is 180 Å². The second kappa shape index (κ2) is 7.94. The van der Waals surface area contributed by atoms with Crippen LogP contribution in [0.4, 0.5) is 5.69 Å². The number of anilines is 1. The number of nitrogens with one attached hydrogen (secondary N) is 1. The summed E-state index contributed by atoms with van der Waals surface area (Å²) in [4.78, 5) is 27.1. The van der Waals surface area contributed by atoms with Crippen LogP contribution in [0, 0.1) is 12.8 Å². The van der Waals surface area contributed by atoms with E-state index >= 15 is 0 Å². The summed E-state index contributed by atoms with van der Waals surface area (Å²) in [5, 5.41) is 15.0. The smallest absolute Gasteiger partial charge is 0.229 e. The lowest BCUT2D eigenvalue weighted by molar-refractivity contribution is -0.128. The van der Waals surface area contributed by atoms with E-state index < -0.39 is 0 Å². The van der Waals surface area contributed by atoms with Crippen LogP contribution in [0.5, 0.6) is 0 Å². The first kappa shape index (κ1) is 19.4. The Kier molecular flexibility index (Phi) is 4.97. The van der Waals surface area contributed by atoms with Crippen LogP contribution >= 0.6 is 0 Å². The van der Waals surface area contributed by atoms with E-state index in [0.717, 1.165) is 24.0 Å². The molecule has 0 spiro atoms. The molecule has 2 aromatic carbocycles. The Balaban J connectivity index is 1.24. The third kappa shape index (κ3) is 4.19. The van der Waals surface area contributed by atoms with Crippen LogP contribution in [0.25, 0.3) is 11.4 Å². The average Bonchev–Trinajstić information content (AvgIpc) is 3.37. The molecule has 1 atom stereocenters.